The van der Waals surface area contributed by atoms with Gasteiger partial charge in [-0.25, -0.2) is 0 Å². The zero-order valence-electron chi connectivity index (χ0n) is 14.7. The summed E-state index contributed by atoms with van der Waals surface area (Å²) in [6, 6.07) is 13.9. The number of aryl methyl sites for hydroxylation is 1. The summed E-state index contributed by atoms with van der Waals surface area (Å²) >= 11 is 0. The molecular formula is C19H22N6O. The smallest absolute Gasteiger partial charge is 0.191 e. The Balaban J connectivity index is 1.40. The van der Waals surface area contributed by atoms with Crippen LogP contribution in [0.5, 0.6) is 0 Å². The highest BCUT2D eigenvalue weighted by molar-refractivity contribution is 5.79. The molecule has 0 spiro atoms. The molecule has 26 heavy (non-hydrogen) atoms. The second kappa shape index (κ2) is 6.76. The molecule has 1 unspecified atom stereocenters. The zero-order valence-corrected chi connectivity index (χ0v) is 14.7. The summed E-state index contributed by atoms with van der Waals surface area (Å²) in [5.41, 5.74) is 2.17. The van der Waals surface area contributed by atoms with E-state index >= 15 is 0 Å². The molecule has 0 saturated heterocycles. The van der Waals surface area contributed by atoms with Crippen molar-refractivity contribution in [1.82, 2.24) is 25.2 Å². The number of nitrogens with one attached hydrogen (secondary N) is 2. The van der Waals surface area contributed by atoms with Gasteiger partial charge in [-0.05, 0) is 36.1 Å². The molecule has 0 saturated carbocycles. The maximum Gasteiger partial charge on any atom is 0.191 e. The van der Waals surface area contributed by atoms with Crippen molar-refractivity contribution in [1.29, 1.82) is 0 Å². The molecular weight excluding hydrogens is 328 g/mol. The summed E-state index contributed by atoms with van der Waals surface area (Å²) in [5, 5.41) is 25.8. The van der Waals surface area contributed by atoms with Gasteiger partial charge in [0, 0.05) is 13.2 Å². The number of benzene rings is 1. The lowest BCUT2D eigenvalue weighted by Gasteiger charge is -2.25. The molecule has 0 bridgehead atoms. The van der Waals surface area contributed by atoms with Crippen LogP contribution in [0.1, 0.15) is 23.4 Å². The second-order valence-corrected chi connectivity index (χ2v) is 6.51. The van der Waals surface area contributed by atoms with Crippen LogP contribution < -0.4 is 10.6 Å². The maximum atomic E-state index is 11.0. The van der Waals surface area contributed by atoms with Crippen LogP contribution in [0.3, 0.4) is 0 Å². The average molecular weight is 350 g/mol. The number of aliphatic hydroxyl groups is 1. The topological polar surface area (TPSA) is 86.8 Å². The van der Waals surface area contributed by atoms with Crippen molar-refractivity contribution in [2.24, 2.45) is 4.99 Å². The van der Waals surface area contributed by atoms with Gasteiger partial charge in [-0.1, -0.05) is 30.3 Å². The van der Waals surface area contributed by atoms with E-state index in [-0.39, 0.29) is 0 Å². The molecule has 3 N–H and O–H groups in total. The molecule has 0 radical (unpaired) electrons. The first kappa shape index (κ1) is 16.5. The molecule has 1 aromatic carbocycles. The minimum absolute atomic E-state index is 0.407. The van der Waals surface area contributed by atoms with Crippen molar-refractivity contribution >= 4 is 11.6 Å². The molecule has 7 nitrogen and oxygen atoms in total. The van der Waals surface area contributed by atoms with Gasteiger partial charge in [0.15, 0.2) is 17.4 Å². The maximum absolute atomic E-state index is 11.0. The molecule has 1 aliphatic carbocycles. The van der Waals surface area contributed by atoms with Gasteiger partial charge in [0.05, 0.1) is 13.1 Å². The highest BCUT2D eigenvalue weighted by atomic mass is 16.3. The summed E-state index contributed by atoms with van der Waals surface area (Å²) in [7, 11) is 1.71. The van der Waals surface area contributed by atoms with Gasteiger partial charge >= 0.3 is 0 Å². The lowest BCUT2D eigenvalue weighted by Crippen LogP contribution is -2.44. The Hall–Kier alpha value is -2.93. The van der Waals surface area contributed by atoms with Crippen molar-refractivity contribution < 1.29 is 5.11 Å². The third-order valence-corrected chi connectivity index (χ3v) is 4.90. The van der Waals surface area contributed by atoms with E-state index in [1.807, 2.05) is 47.0 Å². The number of hydrogen-bond donors (Lipinski definition) is 3. The number of hydrogen-bond acceptors (Lipinski definition) is 4. The van der Waals surface area contributed by atoms with Gasteiger partial charge in [-0.2, -0.15) is 0 Å². The van der Waals surface area contributed by atoms with Crippen LogP contribution in [0.15, 0.2) is 53.7 Å². The molecule has 134 valence electrons. The number of nitrogens with zero attached hydrogens (tertiary/aromatic N) is 4. The summed E-state index contributed by atoms with van der Waals surface area (Å²) in [6.45, 7) is 0.893. The van der Waals surface area contributed by atoms with E-state index in [4.69, 9.17) is 0 Å². The Kier molecular flexibility index (Phi) is 4.30. The van der Waals surface area contributed by atoms with Crippen LogP contribution in [0, 0.1) is 0 Å². The van der Waals surface area contributed by atoms with E-state index in [0.717, 1.165) is 23.5 Å². The number of aliphatic imine (C=N–C) groups is 1. The Morgan fingerprint density at radius 2 is 2.04 bits per heavy atom. The van der Waals surface area contributed by atoms with Gasteiger partial charge in [0.25, 0.3) is 0 Å². The Labute approximate surface area is 151 Å². The molecule has 2 aromatic heterocycles. The van der Waals surface area contributed by atoms with Crippen LogP contribution in [-0.2, 0) is 18.6 Å². The molecule has 7 heteroatoms. The number of aromatic nitrogens is 3. The number of guanidine groups is 1. The first-order valence-corrected chi connectivity index (χ1v) is 8.73. The van der Waals surface area contributed by atoms with Gasteiger partial charge in [0.2, 0.25) is 0 Å². The number of fused-ring (bicyclic) bond motifs is 2. The first-order valence-electron chi connectivity index (χ1n) is 8.73. The van der Waals surface area contributed by atoms with E-state index < -0.39 is 5.60 Å². The molecule has 0 fully saturated rings. The third kappa shape index (κ3) is 3.01. The van der Waals surface area contributed by atoms with Crippen molar-refractivity contribution in [2.75, 3.05) is 13.6 Å². The summed E-state index contributed by atoms with van der Waals surface area (Å²) in [6.07, 6.45) is 3.54. The summed E-state index contributed by atoms with van der Waals surface area (Å²) in [4.78, 5) is 4.24. The van der Waals surface area contributed by atoms with Gasteiger partial charge in [-0.15, -0.1) is 10.2 Å². The zero-order chi connectivity index (χ0) is 18.0. The fraction of sp³-hybridized carbons (Fsp3) is 0.316. The van der Waals surface area contributed by atoms with E-state index in [1.54, 1.807) is 7.05 Å². The summed E-state index contributed by atoms with van der Waals surface area (Å²) in [5.74, 6) is 1.42. The third-order valence-electron chi connectivity index (χ3n) is 4.90. The predicted octanol–water partition coefficient (Wildman–Crippen LogP) is 1.23. The Morgan fingerprint density at radius 1 is 1.19 bits per heavy atom. The largest absolute Gasteiger partial charge is 0.383 e. The fourth-order valence-corrected chi connectivity index (χ4v) is 3.48. The van der Waals surface area contributed by atoms with Crippen LogP contribution in [0.25, 0.3) is 5.65 Å². The monoisotopic (exact) mass is 350 g/mol. The SMILES string of the molecule is CN=C(NCc1nnc2ccccn12)NCC1(O)CCc2ccccc21. The standard InChI is InChI=1S/C19H22N6O/c1-20-18(21-12-17-24-23-16-8-4-5-11-25(16)17)22-13-19(26)10-9-14-6-2-3-7-15(14)19/h2-8,11,26H,9-10,12-13H2,1H3,(H2,20,21,22). The van der Waals surface area contributed by atoms with Gasteiger partial charge < -0.3 is 15.7 Å². The second-order valence-electron chi connectivity index (χ2n) is 6.51. The Bertz CT molecular complexity index is 950. The summed E-state index contributed by atoms with van der Waals surface area (Å²) < 4.78 is 1.93. The van der Waals surface area contributed by atoms with Crippen molar-refractivity contribution in [3.8, 4) is 0 Å². The molecule has 2 heterocycles. The lowest BCUT2D eigenvalue weighted by molar-refractivity contribution is 0.0432. The lowest BCUT2D eigenvalue weighted by atomic mass is 9.96. The number of rotatable bonds is 4. The van der Waals surface area contributed by atoms with Crippen LogP contribution in [0.4, 0.5) is 0 Å². The van der Waals surface area contributed by atoms with Gasteiger partial charge in [-0.3, -0.25) is 9.39 Å². The number of pyridine rings is 1. The quantitative estimate of drug-likeness (QED) is 0.487. The van der Waals surface area contributed by atoms with Crippen LogP contribution in [-0.4, -0.2) is 39.3 Å². The van der Waals surface area contributed by atoms with Crippen molar-refractivity contribution in [3.05, 3.63) is 65.6 Å². The van der Waals surface area contributed by atoms with Crippen LogP contribution >= 0.6 is 0 Å². The normalized spacial score (nSPS) is 19.5. The molecule has 4 rings (SSSR count). The van der Waals surface area contributed by atoms with Crippen molar-refractivity contribution in [3.63, 3.8) is 0 Å². The minimum atomic E-state index is -0.865. The average Bonchev–Trinajstić information content (AvgIpc) is 3.24. The molecule has 3 aromatic rings. The van der Waals surface area contributed by atoms with Crippen LogP contribution in [0.2, 0.25) is 0 Å². The van der Waals surface area contributed by atoms with E-state index in [2.05, 4.69) is 31.9 Å². The molecule has 0 amide bonds. The van der Waals surface area contributed by atoms with E-state index in [9.17, 15) is 5.11 Å². The fourth-order valence-electron chi connectivity index (χ4n) is 3.48. The molecule has 1 atom stereocenters. The minimum Gasteiger partial charge on any atom is -0.383 e. The highest BCUT2D eigenvalue weighted by Gasteiger charge is 2.36. The van der Waals surface area contributed by atoms with Crippen molar-refractivity contribution in [2.45, 2.75) is 25.0 Å². The van der Waals surface area contributed by atoms with E-state index in [0.29, 0.717) is 25.5 Å². The Morgan fingerprint density at radius 3 is 2.92 bits per heavy atom. The van der Waals surface area contributed by atoms with Gasteiger partial charge in [0.1, 0.15) is 5.60 Å². The van der Waals surface area contributed by atoms with E-state index in [1.165, 1.54) is 5.56 Å². The predicted molar refractivity (Wildman–Crippen MR) is 99.8 cm³/mol. The molecule has 1 aliphatic rings. The highest BCUT2D eigenvalue weighted by Crippen LogP contribution is 2.36. The molecule has 0 aliphatic heterocycles. The first-order chi connectivity index (χ1) is 12.7.